The van der Waals surface area contributed by atoms with Crippen molar-refractivity contribution in [1.82, 2.24) is 9.80 Å². The van der Waals surface area contributed by atoms with Gasteiger partial charge in [-0.1, -0.05) is 36.2 Å². The lowest BCUT2D eigenvalue weighted by atomic mass is 10.0. The van der Waals surface area contributed by atoms with Gasteiger partial charge in [0.25, 0.3) is 0 Å². The summed E-state index contributed by atoms with van der Waals surface area (Å²) in [6.07, 6.45) is 5.49. The lowest BCUT2D eigenvalue weighted by Gasteiger charge is -2.33. The minimum atomic E-state index is 0.389. The zero-order chi connectivity index (χ0) is 14.7. The van der Waals surface area contributed by atoms with Gasteiger partial charge in [0.05, 0.1) is 0 Å². The molecule has 2 aliphatic heterocycles. The number of likely N-dealkylation sites (tertiary alicyclic amines) is 2. The summed E-state index contributed by atoms with van der Waals surface area (Å²) in [5, 5.41) is 0. The molecule has 3 rings (SSSR count). The van der Waals surface area contributed by atoms with E-state index >= 15 is 0 Å². The highest BCUT2D eigenvalue weighted by Crippen LogP contribution is 2.27. The molecule has 2 N–H and O–H groups in total. The number of hydrogen-bond acceptors (Lipinski definition) is 3. The van der Waals surface area contributed by atoms with Crippen LogP contribution in [0.3, 0.4) is 0 Å². The van der Waals surface area contributed by atoms with Crippen LogP contribution in [0.15, 0.2) is 24.3 Å². The van der Waals surface area contributed by atoms with E-state index in [1.165, 1.54) is 63.0 Å². The maximum atomic E-state index is 6.09. The molecule has 116 valence electrons. The van der Waals surface area contributed by atoms with Crippen LogP contribution >= 0.6 is 0 Å². The zero-order valence-electron chi connectivity index (χ0n) is 13.3. The van der Waals surface area contributed by atoms with Crippen LogP contribution in [0.1, 0.15) is 42.9 Å². The van der Waals surface area contributed by atoms with E-state index in [4.69, 9.17) is 5.73 Å². The molecule has 1 aromatic rings. The van der Waals surface area contributed by atoms with Gasteiger partial charge >= 0.3 is 0 Å². The van der Waals surface area contributed by atoms with Gasteiger partial charge in [-0.2, -0.15) is 0 Å². The van der Waals surface area contributed by atoms with Crippen molar-refractivity contribution in [3.05, 3.63) is 35.4 Å². The molecule has 2 aliphatic rings. The van der Waals surface area contributed by atoms with Crippen molar-refractivity contribution in [3.8, 4) is 0 Å². The van der Waals surface area contributed by atoms with Crippen molar-refractivity contribution >= 4 is 0 Å². The number of aryl methyl sites for hydroxylation is 1. The van der Waals surface area contributed by atoms with Gasteiger partial charge in [-0.3, -0.25) is 9.80 Å². The van der Waals surface area contributed by atoms with E-state index in [2.05, 4.69) is 41.0 Å². The second-order valence-electron chi connectivity index (χ2n) is 6.70. The highest BCUT2D eigenvalue weighted by molar-refractivity contribution is 5.24. The summed E-state index contributed by atoms with van der Waals surface area (Å²) in [6, 6.07) is 10.1. The first-order chi connectivity index (χ1) is 10.3. The largest absolute Gasteiger partial charge is 0.329 e. The third kappa shape index (κ3) is 3.47. The summed E-state index contributed by atoms with van der Waals surface area (Å²) >= 11 is 0. The fraction of sp³-hybridized carbons (Fsp3) is 0.667. The standard InChI is InChI=1S/C18H29N3/c1-15-5-7-16(8-6-15)18(13-19)21-12-9-17(14-21)20-10-3-2-4-11-20/h5-8,17-18H,2-4,9-14,19H2,1H3. The molecule has 2 saturated heterocycles. The van der Waals surface area contributed by atoms with Crippen LogP contribution in [0.4, 0.5) is 0 Å². The molecule has 0 saturated carbocycles. The normalized spacial score (nSPS) is 26.1. The summed E-state index contributed by atoms with van der Waals surface area (Å²) in [5.41, 5.74) is 8.79. The Hall–Kier alpha value is -0.900. The van der Waals surface area contributed by atoms with Crippen LogP contribution in [-0.2, 0) is 0 Å². The van der Waals surface area contributed by atoms with E-state index in [0.29, 0.717) is 6.04 Å². The molecule has 2 unspecified atom stereocenters. The molecule has 3 nitrogen and oxygen atoms in total. The minimum Gasteiger partial charge on any atom is -0.329 e. The Balaban J connectivity index is 1.64. The van der Waals surface area contributed by atoms with Crippen LogP contribution in [-0.4, -0.2) is 48.6 Å². The van der Waals surface area contributed by atoms with Gasteiger partial charge in [0.1, 0.15) is 0 Å². The molecule has 2 fully saturated rings. The fourth-order valence-electron chi connectivity index (χ4n) is 3.92. The molecule has 0 spiro atoms. The van der Waals surface area contributed by atoms with Crippen LogP contribution in [0.2, 0.25) is 0 Å². The Morgan fingerprint density at radius 2 is 1.81 bits per heavy atom. The molecule has 0 amide bonds. The topological polar surface area (TPSA) is 32.5 Å². The number of rotatable bonds is 4. The van der Waals surface area contributed by atoms with Crippen molar-refractivity contribution < 1.29 is 0 Å². The highest BCUT2D eigenvalue weighted by Gasteiger charge is 2.32. The first kappa shape index (κ1) is 15.0. The number of nitrogens with zero attached hydrogens (tertiary/aromatic N) is 2. The molecule has 0 aromatic heterocycles. The maximum absolute atomic E-state index is 6.09. The Morgan fingerprint density at radius 1 is 1.10 bits per heavy atom. The molecule has 3 heteroatoms. The lowest BCUT2D eigenvalue weighted by molar-refractivity contribution is 0.153. The van der Waals surface area contributed by atoms with E-state index in [-0.39, 0.29) is 0 Å². The van der Waals surface area contributed by atoms with Crippen molar-refractivity contribution in [2.45, 2.75) is 44.7 Å². The first-order valence-electron chi connectivity index (χ1n) is 8.52. The van der Waals surface area contributed by atoms with E-state index in [0.717, 1.165) is 12.6 Å². The molecule has 21 heavy (non-hydrogen) atoms. The smallest absolute Gasteiger partial charge is 0.0471 e. The second-order valence-corrected chi connectivity index (χ2v) is 6.70. The predicted molar refractivity (Wildman–Crippen MR) is 88.4 cm³/mol. The number of piperidine rings is 1. The van der Waals surface area contributed by atoms with Crippen molar-refractivity contribution in [2.75, 3.05) is 32.7 Å². The Bertz CT molecular complexity index is 436. The molecule has 2 heterocycles. The van der Waals surface area contributed by atoms with Crippen LogP contribution in [0.25, 0.3) is 0 Å². The van der Waals surface area contributed by atoms with E-state index in [1.54, 1.807) is 0 Å². The first-order valence-corrected chi connectivity index (χ1v) is 8.52. The molecule has 2 atom stereocenters. The summed E-state index contributed by atoms with van der Waals surface area (Å²) in [4.78, 5) is 5.32. The maximum Gasteiger partial charge on any atom is 0.0471 e. The van der Waals surface area contributed by atoms with E-state index in [9.17, 15) is 0 Å². The van der Waals surface area contributed by atoms with Gasteiger partial charge in [0.15, 0.2) is 0 Å². The van der Waals surface area contributed by atoms with E-state index < -0.39 is 0 Å². The van der Waals surface area contributed by atoms with Crippen molar-refractivity contribution in [3.63, 3.8) is 0 Å². The molecule has 0 radical (unpaired) electrons. The Kier molecular flexibility index (Phi) is 4.94. The lowest BCUT2D eigenvalue weighted by Crippen LogP contribution is -2.42. The van der Waals surface area contributed by atoms with Gasteiger partial charge < -0.3 is 5.73 Å². The third-order valence-corrected chi connectivity index (χ3v) is 5.23. The highest BCUT2D eigenvalue weighted by atomic mass is 15.3. The van der Waals surface area contributed by atoms with Gasteiger partial charge in [0, 0.05) is 31.7 Å². The molecular weight excluding hydrogens is 258 g/mol. The molecule has 1 aromatic carbocycles. The Labute approximate surface area is 129 Å². The number of hydrogen-bond donors (Lipinski definition) is 1. The zero-order valence-corrected chi connectivity index (χ0v) is 13.3. The molecule has 0 bridgehead atoms. The fourth-order valence-corrected chi connectivity index (χ4v) is 3.92. The average molecular weight is 287 g/mol. The third-order valence-electron chi connectivity index (χ3n) is 5.23. The summed E-state index contributed by atoms with van der Waals surface area (Å²) in [5.74, 6) is 0. The van der Waals surface area contributed by atoms with Gasteiger partial charge in [-0.05, 0) is 44.8 Å². The molecule has 0 aliphatic carbocycles. The summed E-state index contributed by atoms with van der Waals surface area (Å²) in [6.45, 7) is 7.85. The number of benzene rings is 1. The monoisotopic (exact) mass is 287 g/mol. The molecular formula is C18H29N3. The van der Waals surface area contributed by atoms with Gasteiger partial charge in [-0.15, -0.1) is 0 Å². The second kappa shape index (κ2) is 6.91. The summed E-state index contributed by atoms with van der Waals surface area (Å²) < 4.78 is 0. The van der Waals surface area contributed by atoms with Crippen LogP contribution in [0, 0.1) is 6.92 Å². The SMILES string of the molecule is Cc1ccc(C(CN)N2CCC(N3CCCCC3)C2)cc1. The predicted octanol–water partition coefficient (Wildman–Crippen LogP) is 2.56. The van der Waals surface area contributed by atoms with Crippen LogP contribution < -0.4 is 5.73 Å². The van der Waals surface area contributed by atoms with Crippen LogP contribution in [0.5, 0.6) is 0 Å². The minimum absolute atomic E-state index is 0.389. The quantitative estimate of drug-likeness (QED) is 0.924. The van der Waals surface area contributed by atoms with E-state index in [1.807, 2.05) is 0 Å². The average Bonchev–Trinajstić information content (AvgIpc) is 3.00. The summed E-state index contributed by atoms with van der Waals surface area (Å²) in [7, 11) is 0. The van der Waals surface area contributed by atoms with Gasteiger partial charge in [-0.25, -0.2) is 0 Å². The Morgan fingerprint density at radius 3 is 2.48 bits per heavy atom. The van der Waals surface area contributed by atoms with Crippen molar-refractivity contribution in [1.29, 1.82) is 0 Å². The number of nitrogens with two attached hydrogens (primary N) is 1. The van der Waals surface area contributed by atoms with Crippen molar-refractivity contribution in [2.24, 2.45) is 5.73 Å². The van der Waals surface area contributed by atoms with Gasteiger partial charge in [0.2, 0.25) is 0 Å².